The molecule has 0 radical (unpaired) electrons. The highest BCUT2D eigenvalue weighted by molar-refractivity contribution is 8.19. The van der Waals surface area contributed by atoms with E-state index in [9.17, 15) is 4.79 Å². The molecule has 1 fully saturated rings. The van der Waals surface area contributed by atoms with Crippen molar-refractivity contribution in [2.75, 3.05) is 11.7 Å². The molecule has 7 heteroatoms. The first-order valence-corrected chi connectivity index (χ1v) is 9.68. The van der Waals surface area contributed by atoms with E-state index in [0.717, 1.165) is 5.56 Å². The van der Waals surface area contributed by atoms with Crippen LogP contribution in [0.1, 0.15) is 19.4 Å². The second kappa shape index (κ2) is 7.29. The van der Waals surface area contributed by atoms with Gasteiger partial charge in [-0.25, -0.2) is 0 Å². The Morgan fingerprint density at radius 3 is 2.74 bits per heavy atom. The number of benzene rings is 2. The number of carbonyl (C=O) groups is 1. The van der Waals surface area contributed by atoms with Crippen LogP contribution in [-0.4, -0.2) is 23.9 Å². The molecule has 0 aromatic heterocycles. The van der Waals surface area contributed by atoms with Crippen LogP contribution in [0.15, 0.2) is 52.4 Å². The molecular formula is C20H17ClN2O3S. The predicted molar refractivity (Wildman–Crippen MR) is 110 cm³/mol. The van der Waals surface area contributed by atoms with Crippen molar-refractivity contribution >= 4 is 46.2 Å². The number of fused-ring (bicyclic) bond motifs is 1. The van der Waals surface area contributed by atoms with Crippen molar-refractivity contribution in [1.29, 1.82) is 0 Å². The van der Waals surface area contributed by atoms with E-state index >= 15 is 0 Å². The number of rotatable bonds is 3. The van der Waals surface area contributed by atoms with Gasteiger partial charge in [0, 0.05) is 6.04 Å². The molecule has 138 valence electrons. The second-order valence-electron chi connectivity index (χ2n) is 6.32. The number of thioether (sulfide) groups is 1. The highest BCUT2D eigenvalue weighted by atomic mass is 35.5. The van der Waals surface area contributed by atoms with Crippen LogP contribution < -0.4 is 14.4 Å². The summed E-state index contributed by atoms with van der Waals surface area (Å²) in [5, 5.41) is 1.13. The van der Waals surface area contributed by atoms with Gasteiger partial charge in [-0.3, -0.25) is 14.7 Å². The van der Waals surface area contributed by atoms with E-state index in [-0.39, 0.29) is 18.7 Å². The van der Waals surface area contributed by atoms with E-state index < -0.39 is 0 Å². The molecule has 1 amide bonds. The van der Waals surface area contributed by atoms with Gasteiger partial charge in [0.25, 0.3) is 5.91 Å². The molecule has 0 unspecified atom stereocenters. The van der Waals surface area contributed by atoms with Crippen LogP contribution in [0.4, 0.5) is 5.69 Å². The van der Waals surface area contributed by atoms with Crippen molar-refractivity contribution in [1.82, 2.24) is 0 Å². The van der Waals surface area contributed by atoms with Crippen molar-refractivity contribution in [2.45, 2.75) is 19.9 Å². The number of nitrogens with zero attached hydrogens (tertiary/aromatic N) is 2. The molecule has 2 heterocycles. The molecule has 2 aliphatic heterocycles. The second-order valence-corrected chi connectivity index (χ2v) is 7.74. The number of amidine groups is 1. The zero-order chi connectivity index (χ0) is 19.0. The summed E-state index contributed by atoms with van der Waals surface area (Å²) in [5.41, 5.74) is 1.49. The lowest BCUT2D eigenvalue weighted by Gasteiger charge is -2.17. The summed E-state index contributed by atoms with van der Waals surface area (Å²) in [7, 11) is 0. The van der Waals surface area contributed by atoms with Gasteiger partial charge in [0.15, 0.2) is 16.7 Å². The van der Waals surface area contributed by atoms with Crippen LogP contribution >= 0.6 is 23.4 Å². The van der Waals surface area contributed by atoms with Gasteiger partial charge in [-0.1, -0.05) is 29.8 Å². The van der Waals surface area contributed by atoms with E-state index in [0.29, 0.717) is 32.3 Å². The molecule has 4 rings (SSSR count). The molecule has 0 atom stereocenters. The third-order valence-electron chi connectivity index (χ3n) is 3.96. The molecule has 0 spiro atoms. The summed E-state index contributed by atoms with van der Waals surface area (Å²) >= 11 is 7.68. The zero-order valence-electron chi connectivity index (χ0n) is 14.8. The van der Waals surface area contributed by atoms with E-state index in [1.165, 1.54) is 11.8 Å². The Morgan fingerprint density at radius 1 is 1.19 bits per heavy atom. The van der Waals surface area contributed by atoms with Crippen LogP contribution in [0, 0.1) is 0 Å². The predicted octanol–water partition coefficient (Wildman–Crippen LogP) is 4.95. The molecule has 27 heavy (non-hydrogen) atoms. The molecule has 0 N–H and O–H groups in total. The fourth-order valence-corrected chi connectivity index (χ4v) is 4.11. The van der Waals surface area contributed by atoms with Crippen LogP contribution in [0.25, 0.3) is 6.08 Å². The fraction of sp³-hybridized carbons (Fsp3) is 0.200. The summed E-state index contributed by atoms with van der Waals surface area (Å²) in [5.74, 6) is 1.24. The molecule has 5 nitrogen and oxygen atoms in total. The number of aliphatic imine (C=N–C) groups is 1. The number of hydrogen-bond donors (Lipinski definition) is 0. The Balaban J connectivity index is 1.73. The highest BCUT2D eigenvalue weighted by Gasteiger charge is 2.35. The largest absolute Gasteiger partial charge is 0.454 e. The number of hydrogen-bond acceptors (Lipinski definition) is 5. The number of anilines is 1. The van der Waals surface area contributed by atoms with Crippen LogP contribution in [0.3, 0.4) is 0 Å². The maximum Gasteiger partial charge on any atom is 0.271 e. The Hall–Kier alpha value is -2.44. The Morgan fingerprint density at radius 2 is 1.96 bits per heavy atom. The lowest BCUT2D eigenvalue weighted by molar-refractivity contribution is -0.113. The van der Waals surface area contributed by atoms with Crippen LogP contribution in [0.5, 0.6) is 11.5 Å². The van der Waals surface area contributed by atoms with Crippen molar-refractivity contribution in [3.05, 3.63) is 58.0 Å². The summed E-state index contributed by atoms with van der Waals surface area (Å²) in [6.07, 6.45) is 1.83. The van der Waals surface area contributed by atoms with Gasteiger partial charge in [-0.15, -0.1) is 0 Å². The molecule has 0 saturated carbocycles. The smallest absolute Gasteiger partial charge is 0.271 e. The topological polar surface area (TPSA) is 51.1 Å². The molecule has 2 aromatic carbocycles. The van der Waals surface area contributed by atoms with Gasteiger partial charge in [-0.05, 0) is 61.5 Å². The number of carbonyl (C=O) groups excluding carboxylic acids is 1. The molecule has 0 aliphatic carbocycles. The summed E-state index contributed by atoms with van der Waals surface area (Å²) in [4.78, 5) is 19.9. The first kappa shape index (κ1) is 17.9. The molecule has 1 saturated heterocycles. The average Bonchev–Trinajstić information content (AvgIpc) is 3.20. The van der Waals surface area contributed by atoms with E-state index in [1.807, 2.05) is 56.3 Å². The summed E-state index contributed by atoms with van der Waals surface area (Å²) < 4.78 is 10.8. The number of para-hydroxylation sites is 1. The fourth-order valence-electron chi connectivity index (χ4n) is 2.78. The van der Waals surface area contributed by atoms with Gasteiger partial charge in [-0.2, -0.15) is 0 Å². The van der Waals surface area contributed by atoms with Gasteiger partial charge in [0.1, 0.15) is 0 Å². The van der Waals surface area contributed by atoms with Crippen molar-refractivity contribution < 1.29 is 14.3 Å². The molecule has 0 bridgehead atoms. The van der Waals surface area contributed by atoms with Crippen molar-refractivity contribution in [3.63, 3.8) is 0 Å². The lowest BCUT2D eigenvalue weighted by atomic mass is 10.2. The SMILES string of the molecule is CC(C)N=C1S/C(=C\c2ccc3c(c2)OCO3)C(=O)N1c1ccccc1Cl. The minimum Gasteiger partial charge on any atom is -0.454 e. The Bertz CT molecular complexity index is 971. The molecular weight excluding hydrogens is 384 g/mol. The average molecular weight is 401 g/mol. The van der Waals surface area contributed by atoms with Gasteiger partial charge in [0.2, 0.25) is 6.79 Å². The Labute approximate surface area is 166 Å². The van der Waals surface area contributed by atoms with Crippen molar-refractivity contribution in [3.8, 4) is 11.5 Å². The number of halogens is 1. The minimum atomic E-state index is -0.148. The third-order valence-corrected chi connectivity index (χ3v) is 5.27. The number of amides is 1. The lowest BCUT2D eigenvalue weighted by Crippen LogP contribution is -2.29. The van der Waals surface area contributed by atoms with E-state index in [1.54, 1.807) is 11.0 Å². The summed E-state index contributed by atoms with van der Waals surface area (Å²) in [6, 6.07) is 12.9. The highest BCUT2D eigenvalue weighted by Crippen LogP contribution is 2.40. The third kappa shape index (κ3) is 3.55. The van der Waals surface area contributed by atoms with Gasteiger partial charge >= 0.3 is 0 Å². The normalized spacial score (nSPS) is 19.0. The standard InChI is InChI=1S/C20H17ClN2O3S/c1-12(2)22-20-23(15-6-4-3-5-14(15)21)19(24)18(27-20)10-13-7-8-16-17(9-13)26-11-25-16/h3-10,12H,11H2,1-2H3/b18-10-,22-20?. The van der Waals surface area contributed by atoms with Crippen LogP contribution in [0.2, 0.25) is 5.02 Å². The maximum atomic E-state index is 13.1. The monoisotopic (exact) mass is 400 g/mol. The van der Waals surface area contributed by atoms with E-state index in [4.69, 9.17) is 21.1 Å². The summed E-state index contributed by atoms with van der Waals surface area (Å²) in [6.45, 7) is 4.17. The van der Waals surface area contributed by atoms with E-state index in [2.05, 4.69) is 4.99 Å². The zero-order valence-corrected chi connectivity index (χ0v) is 16.4. The molecule has 2 aliphatic rings. The van der Waals surface area contributed by atoms with Crippen LogP contribution in [-0.2, 0) is 4.79 Å². The quantitative estimate of drug-likeness (QED) is 0.684. The molecule has 2 aromatic rings. The van der Waals surface area contributed by atoms with Gasteiger partial charge < -0.3 is 9.47 Å². The first-order chi connectivity index (χ1) is 13.0. The first-order valence-electron chi connectivity index (χ1n) is 8.49. The van der Waals surface area contributed by atoms with Gasteiger partial charge in [0.05, 0.1) is 15.6 Å². The minimum absolute atomic E-state index is 0.0511. The van der Waals surface area contributed by atoms with Crippen molar-refractivity contribution in [2.24, 2.45) is 4.99 Å². The number of ether oxygens (including phenoxy) is 2. The maximum absolute atomic E-state index is 13.1. The Kier molecular flexibility index (Phi) is 4.85.